The molecule has 6 heteroatoms. The van der Waals surface area contributed by atoms with Gasteiger partial charge in [-0.2, -0.15) is 0 Å². The molecule has 0 bridgehead atoms. The number of amides is 2. The minimum absolute atomic E-state index is 0.0105. The second-order valence-electron chi connectivity index (χ2n) is 7.47. The van der Waals surface area contributed by atoms with E-state index in [1.165, 1.54) is 0 Å². The van der Waals surface area contributed by atoms with Gasteiger partial charge < -0.3 is 19.3 Å². The van der Waals surface area contributed by atoms with Crippen molar-refractivity contribution in [2.75, 3.05) is 40.4 Å². The predicted octanol–water partition coefficient (Wildman–Crippen LogP) is 2.88. The molecule has 2 amide bonds. The van der Waals surface area contributed by atoms with Crippen LogP contribution in [0, 0.1) is 12.8 Å². The van der Waals surface area contributed by atoms with Crippen LogP contribution in [0.2, 0.25) is 0 Å². The summed E-state index contributed by atoms with van der Waals surface area (Å²) < 4.78 is 10.7. The van der Waals surface area contributed by atoms with Crippen LogP contribution >= 0.6 is 0 Å². The third kappa shape index (κ3) is 4.20. The van der Waals surface area contributed by atoms with E-state index in [0.29, 0.717) is 36.7 Å². The van der Waals surface area contributed by atoms with Gasteiger partial charge in [-0.15, -0.1) is 0 Å². The van der Waals surface area contributed by atoms with Crippen molar-refractivity contribution < 1.29 is 19.1 Å². The van der Waals surface area contributed by atoms with Gasteiger partial charge in [-0.3, -0.25) is 9.59 Å². The van der Waals surface area contributed by atoms with Gasteiger partial charge in [-0.05, 0) is 43.9 Å². The highest BCUT2D eigenvalue weighted by Gasteiger charge is 2.30. The Kier molecular flexibility index (Phi) is 6.24. The van der Waals surface area contributed by atoms with Gasteiger partial charge in [0.2, 0.25) is 5.91 Å². The van der Waals surface area contributed by atoms with Crippen molar-refractivity contribution in [1.29, 1.82) is 0 Å². The Hall–Kier alpha value is -2.24. The van der Waals surface area contributed by atoms with Crippen LogP contribution in [-0.2, 0) is 4.79 Å². The zero-order valence-electron chi connectivity index (χ0n) is 16.6. The fourth-order valence-electron chi connectivity index (χ4n) is 4.15. The summed E-state index contributed by atoms with van der Waals surface area (Å²) in [5.41, 5.74) is 1.49. The van der Waals surface area contributed by atoms with Crippen LogP contribution in [0.1, 0.15) is 48.0 Å². The van der Waals surface area contributed by atoms with Gasteiger partial charge in [0.25, 0.3) is 5.91 Å². The molecule has 1 aromatic carbocycles. The molecule has 1 heterocycles. The summed E-state index contributed by atoms with van der Waals surface area (Å²) >= 11 is 0. The molecule has 1 saturated carbocycles. The molecule has 2 aliphatic rings. The van der Waals surface area contributed by atoms with E-state index >= 15 is 0 Å². The lowest BCUT2D eigenvalue weighted by Crippen LogP contribution is -2.39. The molecule has 1 aliphatic carbocycles. The van der Waals surface area contributed by atoms with Crippen molar-refractivity contribution in [2.45, 2.75) is 39.0 Å². The quantitative estimate of drug-likeness (QED) is 0.813. The van der Waals surface area contributed by atoms with Crippen molar-refractivity contribution in [3.63, 3.8) is 0 Å². The fraction of sp³-hybridized carbons (Fsp3) is 0.619. The van der Waals surface area contributed by atoms with Crippen molar-refractivity contribution in [3.05, 3.63) is 23.3 Å². The molecule has 0 atom stereocenters. The first kappa shape index (κ1) is 19.5. The molecule has 0 spiro atoms. The smallest absolute Gasteiger partial charge is 0.254 e. The maximum absolute atomic E-state index is 13.1. The Morgan fingerprint density at radius 1 is 0.889 bits per heavy atom. The third-order valence-corrected chi connectivity index (χ3v) is 5.76. The molecule has 148 valence electrons. The summed E-state index contributed by atoms with van der Waals surface area (Å²) in [6, 6.07) is 3.59. The van der Waals surface area contributed by atoms with Crippen LogP contribution in [0.4, 0.5) is 0 Å². The van der Waals surface area contributed by atoms with E-state index in [1.54, 1.807) is 20.3 Å². The first-order valence-electron chi connectivity index (χ1n) is 9.85. The molecular formula is C21H30N2O4. The minimum Gasteiger partial charge on any atom is -0.493 e. The largest absolute Gasteiger partial charge is 0.493 e. The SMILES string of the molecule is COc1cc(C)c(C(=O)N2CCCN(C(=O)C3CCCC3)CC2)cc1OC. The molecule has 27 heavy (non-hydrogen) atoms. The standard InChI is InChI=1S/C21H30N2O4/c1-15-13-18(26-2)19(27-3)14-17(15)21(25)23-10-6-9-22(11-12-23)20(24)16-7-4-5-8-16/h13-14,16H,4-12H2,1-3H3. The third-order valence-electron chi connectivity index (χ3n) is 5.76. The summed E-state index contributed by atoms with van der Waals surface area (Å²) in [6.45, 7) is 4.51. The lowest BCUT2D eigenvalue weighted by atomic mass is 10.1. The van der Waals surface area contributed by atoms with Gasteiger partial charge in [0, 0.05) is 37.7 Å². The Labute approximate surface area is 161 Å². The zero-order chi connectivity index (χ0) is 19.4. The number of benzene rings is 1. The lowest BCUT2D eigenvalue weighted by Gasteiger charge is -2.25. The van der Waals surface area contributed by atoms with Crippen molar-refractivity contribution in [3.8, 4) is 11.5 Å². The van der Waals surface area contributed by atoms with Crippen LogP contribution in [0.25, 0.3) is 0 Å². The van der Waals surface area contributed by atoms with Gasteiger partial charge in [-0.25, -0.2) is 0 Å². The summed E-state index contributed by atoms with van der Waals surface area (Å²) in [6.07, 6.45) is 5.17. The van der Waals surface area contributed by atoms with E-state index < -0.39 is 0 Å². The molecule has 1 aliphatic heterocycles. The molecule has 1 saturated heterocycles. The topological polar surface area (TPSA) is 59.1 Å². The first-order valence-corrected chi connectivity index (χ1v) is 9.85. The summed E-state index contributed by atoms with van der Waals surface area (Å²) in [7, 11) is 3.16. The van der Waals surface area contributed by atoms with Crippen LogP contribution in [0.3, 0.4) is 0 Å². The van der Waals surface area contributed by atoms with Gasteiger partial charge in [-0.1, -0.05) is 12.8 Å². The van der Waals surface area contributed by atoms with E-state index in [0.717, 1.165) is 44.2 Å². The summed E-state index contributed by atoms with van der Waals surface area (Å²) in [5.74, 6) is 1.64. The molecule has 0 aromatic heterocycles. The van der Waals surface area contributed by atoms with Crippen LogP contribution in [0.5, 0.6) is 11.5 Å². The number of aryl methyl sites for hydroxylation is 1. The van der Waals surface area contributed by atoms with Crippen LogP contribution < -0.4 is 9.47 Å². The van der Waals surface area contributed by atoms with Gasteiger partial charge in [0.1, 0.15) is 0 Å². The monoisotopic (exact) mass is 374 g/mol. The number of carbonyl (C=O) groups excluding carboxylic acids is 2. The Bertz CT molecular complexity index is 698. The van der Waals surface area contributed by atoms with E-state index in [4.69, 9.17) is 9.47 Å². The van der Waals surface area contributed by atoms with Gasteiger partial charge in [0.05, 0.1) is 14.2 Å². The highest BCUT2D eigenvalue weighted by Crippen LogP contribution is 2.31. The van der Waals surface area contributed by atoms with E-state index in [2.05, 4.69) is 0 Å². The molecule has 2 fully saturated rings. The zero-order valence-corrected chi connectivity index (χ0v) is 16.6. The van der Waals surface area contributed by atoms with Crippen molar-refractivity contribution in [2.24, 2.45) is 5.92 Å². The van der Waals surface area contributed by atoms with Crippen LogP contribution in [-0.4, -0.2) is 62.0 Å². The van der Waals surface area contributed by atoms with Crippen LogP contribution in [0.15, 0.2) is 12.1 Å². The number of nitrogens with zero attached hydrogens (tertiary/aromatic N) is 2. The average molecular weight is 374 g/mol. The summed E-state index contributed by atoms with van der Waals surface area (Å²) in [5, 5.41) is 0. The second kappa shape index (κ2) is 8.63. The molecule has 0 radical (unpaired) electrons. The predicted molar refractivity (Wildman–Crippen MR) is 103 cm³/mol. The average Bonchev–Trinajstić information content (AvgIpc) is 3.11. The molecular weight excluding hydrogens is 344 g/mol. The van der Waals surface area contributed by atoms with Gasteiger partial charge >= 0.3 is 0 Å². The van der Waals surface area contributed by atoms with Crippen molar-refractivity contribution in [1.82, 2.24) is 9.80 Å². The molecule has 0 unspecified atom stereocenters. The van der Waals surface area contributed by atoms with Gasteiger partial charge in [0.15, 0.2) is 11.5 Å². The van der Waals surface area contributed by atoms with E-state index in [9.17, 15) is 9.59 Å². The summed E-state index contributed by atoms with van der Waals surface area (Å²) in [4.78, 5) is 29.6. The fourth-order valence-corrected chi connectivity index (χ4v) is 4.15. The minimum atomic E-state index is -0.0105. The number of hydrogen-bond donors (Lipinski definition) is 0. The Morgan fingerprint density at radius 2 is 1.48 bits per heavy atom. The van der Waals surface area contributed by atoms with E-state index in [1.807, 2.05) is 22.8 Å². The Balaban J connectivity index is 1.70. The highest BCUT2D eigenvalue weighted by atomic mass is 16.5. The maximum atomic E-state index is 13.1. The number of ether oxygens (including phenoxy) is 2. The first-order chi connectivity index (χ1) is 13.0. The number of rotatable bonds is 4. The number of methoxy groups -OCH3 is 2. The highest BCUT2D eigenvalue weighted by molar-refractivity contribution is 5.96. The number of hydrogen-bond acceptors (Lipinski definition) is 4. The number of carbonyl (C=O) groups is 2. The van der Waals surface area contributed by atoms with E-state index in [-0.39, 0.29) is 17.7 Å². The van der Waals surface area contributed by atoms with Crippen molar-refractivity contribution >= 4 is 11.8 Å². The maximum Gasteiger partial charge on any atom is 0.254 e. The second-order valence-corrected chi connectivity index (χ2v) is 7.47. The molecule has 3 rings (SSSR count). The molecule has 0 N–H and O–H groups in total. The lowest BCUT2D eigenvalue weighted by molar-refractivity contribution is -0.135. The molecule has 1 aromatic rings. The molecule has 6 nitrogen and oxygen atoms in total. The normalized spacial score (nSPS) is 18.3. The Morgan fingerprint density at radius 3 is 2.15 bits per heavy atom.